The molecule has 1 saturated carbocycles. The van der Waals surface area contributed by atoms with Crippen LogP contribution in [0.3, 0.4) is 0 Å². The molecule has 2 aliphatic rings. The number of nitrogens with two attached hydrogens (primary N) is 1. The molecule has 19 heavy (non-hydrogen) atoms. The lowest BCUT2D eigenvalue weighted by atomic mass is 10.1. The van der Waals surface area contributed by atoms with Crippen LogP contribution in [0.15, 0.2) is 16.6 Å². The first-order chi connectivity index (χ1) is 8.84. The van der Waals surface area contributed by atoms with E-state index in [2.05, 4.69) is 16.4 Å². The normalized spacial score (nSPS) is 21.5. The van der Waals surface area contributed by atoms with Crippen molar-refractivity contribution >= 4 is 29.9 Å². The number of aliphatic imine (C=N–C) groups is 1. The fourth-order valence-electron chi connectivity index (χ4n) is 2.96. The molecule has 2 aliphatic carbocycles. The van der Waals surface area contributed by atoms with Gasteiger partial charge in [-0.15, -0.1) is 24.0 Å². The zero-order chi connectivity index (χ0) is 12.6. The van der Waals surface area contributed by atoms with Crippen LogP contribution in [0.2, 0.25) is 0 Å². The van der Waals surface area contributed by atoms with E-state index < -0.39 is 0 Å². The molecule has 3 nitrogen and oxygen atoms in total. The first kappa shape index (κ1) is 16.8. The number of hydrogen-bond acceptors (Lipinski definition) is 1. The zero-order valence-electron chi connectivity index (χ0n) is 11.9. The standard InChI is InChI=1S/C15H27N3.HI/c16-15(17-12-11-13-7-5-6-8-13)18-14-9-3-1-2-4-10-14;/h7,14H,1-6,8-12H2,(H3,16,17,18);1H. The highest BCUT2D eigenvalue weighted by Gasteiger charge is 2.12. The second-order valence-electron chi connectivity index (χ2n) is 5.60. The summed E-state index contributed by atoms with van der Waals surface area (Å²) in [6.07, 6.45) is 15.2. The first-order valence-corrected chi connectivity index (χ1v) is 7.59. The Kier molecular flexibility index (Phi) is 8.50. The summed E-state index contributed by atoms with van der Waals surface area (Å²) in [5, 5.41) is 3.39. The van der Waals surface area contributed by atoms with Crippen LogP contribution < -0.4 is 11.1 Å². The fraction of sp³-hybridized carbons (Fsp3) is 0.800. The van der Waals surface area contributed by atoms with Crippen molar-refractivity contribution in [1.29, 1.82) is 0 Å². The Hall–Kier alpha value is -0.260. The minimum absolute atomic E-state index is 0. The van der Waals surface area contributed by atoms with Crippen molar-refractivity contribution in [1.82, 2.24) is 5.32 Å². The van der Waals surface area contributed by atoms with Crippen LogP contribution in [0.5, 0.6) is 0 Å². The molecule has 1 fully saturated rings. The van der Waals surface area contributed by atoms with E-state index in [-0.39, 0.29) is 24.0 Å². The topological polar surface area (TPSA) is 50.4 Å². The number of nitrogens with one attached hydrogen (secondary N) is 1. The summed E-state index contributed by atoms with van der Waals surface area (Å²) in [4.78, 5) is 4.45. The predicted molar refractivity (Wildman–Crippen MR) is 93.1 cm³/mol. The Balaban J connectivity index is 0.00000180. The number of rotatable bonds is 4. The molecule has 0 aromatic rings. The molecule has 0 radical (unpaired) electrons. The van der Waals surface area contributed by atoms with Crippen LogP contribution in [0.1, 0.15) is 64.2 Å². The summed E-state index contributed by atoms with van der Waals surface area (Å²) in [5.41, 5.74) is 7.53. The van der Waals surface area contributed by atoms with Crippen LogP contribution >= 0.6 is 24.0 Å². The van der Waals surface area contributed by atoms with Crippen molar-refractivity contribution in [3.8, 4) is 0 Å². The van der Waals surface area contributed by atoms with Crippen molar-refractivity contribution in [2.24, 2.45) is 10.7 Å². The van der Waals surface area contributed by atoms with Gasteiger partial charge in [-0.3, -0.25) is 4.99 Å². The van der Waals surface area contributed by atoms with Gasteiger partial charge in [0.1, 0.15) is 0 Å². The van der Waals surface area contributed by atoms with Crippen LogP contribution in [0.25, 0.3) is 0 Å². The van der Waals surface area contributed by atoms with E-state index >= 15 is 0 Å². The maximum absolute atomic E-state index is 5.96. The van der Waals surface area contributed by atoms with Crippen LogP contribution in [0, 0.1) is 0 Å². The highest BCUT2D eigenvalue weighted by Crippen LogP contribution is 2.20. The molecule has 0 spiro atoms. The van der Waals surface area contributed by atoms with Crippen LogP contribution in [-0.4, -0.2) is 18.5 Å². The van der Waals surface area contributed by atoms with Gasteiger partial charge in [0.15, 0.2) is 5.96 Å². The molecule has 0 aliphatic heterocycles. The lowest BCUT2D eigenvalue weighted by Crippen LogP contribution is -2.39. The molecule has 0 aromatic heterocycles. The molecule has 4 heteroatoms. The van der Waals surface area contributed by atoms with Gasteiger partial charge in [-0.25, -0.2) is 0 Å². The van der Waals surface area contributed by atoms with Gasteiger partial charge in [-0.2, -0.15) is 0 Å². The summed E-state index contributed by atoms with van der Waals surface area (Å²) < 4.78 is 0. The number of allylic oxidation sites excluding steroid dienone is 1. The molecule has 0 bridgehead atoms. The SMILES string of the molecule is I.NC(=NCCC1=CCCC1)NC1CCCCCC1. The highest BCUT2D eigenvalue weighted by molar-refractivity contribution is 14.0. The summed E-state index contributed by atoms with van der Waals surface area (Å²) >= 11 is 0. The lowest BCUT2D eigenvalue weighted by Gasteiger charge is -2.16. The Labute approximate surface area is 134 Å². The Bertz CT molecular complexity index is 305. The van der Waals surface area contributed by atoms with E-state index in [1.807, 2.05) is 0 Å². The molecule has 0 heterocycles. The average Bonchev–Trinajstić information content (AvgIpc) is 2.74. The summed E-state index contributed by atoms with van der Waals surface area (Å²) in [5.74, 6) is 0.653. The lowest BCUT2D eigenvalue weighted by molar-refractivity contribution is 0.530. The molecule has 3 N–H and O–H groups in total. The molecule has 0 unspecified atom stereocenters. The molecule has 0 atom stereocenters. The van der Waals surface area contributed by atoms with Gasteiger partial charge < -0.3 is 11.1 Å². The summed E-state index contributed by atoms with van der Waals surface area (Å²) in [6.45, 7) is 0.845. The number of hydrogen-bond donors (Lipinski definition) is 2. The van der Waals surface area contributed by atoms with Crippen molar-refractivity contribution in [3.63, 3.8) is 0 Å². The Morgan fingerprint density at radius 3 is 2.58 bits per heavy atom. The van der Waals surface area contributed by atoms with E-state index in [4.69, 9.17) is 5.73 Å². The van der Waals surface area contributed by atoms with Crippen molar-refractivity contribution in [3.05, 3.63) is 11.6 Å². The van der Waals surface area contributed by atoms with Gasteiger partial charge in [-0.1, -0.05) is 37.3 Å². The molecule has 0 saturated heterocycles. The molecular weight excluding hydrogens is 349 g/mol. The van der Waals surface area contributed by atoms with E-state index in [1.54, 1.807) is 5.57 Å². The van der Waals surface area contributed by atoms with Gasteiger partial charge in [0.25, 0.3) is 0 Å². The third kappa shape index (κ3) is 6.63. The second-order valence-corrected chi connectivity index (χ2v) is 5.60. The number of halogens is 1. The molecular formula is C15H28IN3. The van der Waals surface area contributed by atoms with Gasteiger partial charge >= 0.3 is 0 Å². The van der Waals surface area contributed by atoms with Crippen molar-refractivity contribution in [2.45, 2.75) is 70.3 Å². The third-order valence-electron chi connectivity index (χ3n) is 4.06. The monoisotopic (exact) mass is 377 g/mol. The van der Waals surface area contributed by atoms with Gasteiger partial charge in [0, 0.05) is 12.6 Å². The molecule has 110 valence electrons. The number of guanidine groups is 1. The highest BCUT2D eigenvalue weighted by atomic mass is 127. The summed E-state index contributed by atoms with van der Waals surface area (Å²) in [7, 11) is 0. The van der Waals surface area contributed by atoms with E-state index in [0.29, 0.717) is 12.0 Å². The van der Waals surface area contributed by atoms with Gasteiger partial charge in [0.2, 0.25) is 0 Å². The minimum atomic E-state index is 0. The smallest absolute Gasteiger partial charge is 0.188 e. The van der Waals surface area contributed by atoms with Crippen molar-refractivity contribution in [2.75, 3.05) is 6.54 Å². The quantitative estimate of drug-likeness (QED) is 0.258. The summed E-state index contributed by atoms with van der Waals surface area (Å²) in [6, 6.07) is 0.557. The van der Waals surface area contributed by atoms with E-state index in [1.165, 1.54) is 57.8 Å². The van der Waals surface area contributed by atoms with Crippen LogP contribution in [-0.2, 0) is 0 Å². The maximum atomic E-state index is 5.96. The maximum Gasteiger partial charge on any atom is 0.188 e. The molecule has 2 rings (SSSR count). The van der Waals surface area contributed by atoms with Crippen LogP contribution in [0.4, 0.5) is 0 Å². The van der Waals surface area contributed by atoms with Gasteiger partial charge in [0.05, 0.1) is 0 Å². The minimum Gasteiger partial charge on any atom is -0.370 e. The van der Waals surface area contributed by atoms with E-state index in [9.17, 15) is 0 Å². The predicted octanol–water partition coefficient (Wildman–Crippen LogP) is 3.73. The average molecular weight is 377 g/mol. The zero-order valence-corrected chi connectivity index (χ0v) is 14.2. The van der Waals surface area contributed by atoms with Crippen molar-refractivity contribution < 1.29 is 0 Å². The molecule has 0 aromatic carbocycles. The largest absolute Gasteiger partial charge is 0.370 e. The van der Waals surface area contributed by atoms with Gasteiger partial charge in [-0.05, 0) is 38.5 Å². The Morgan fingerprint density at radius 1 is 1.21 bits per heavy atom. The van der Waals surface area contributed by atoms with E-state index in [0.717, 1.165) is 13.0 Å². The molecule has 0 amide bonds. The second kappa shape index (κ2) is 9.61. The third-order valence-corrected chi connectivity index (χ3v) is 4.06. The number of nitrogens with zero attached hydrogens (tertiary/aromatic N) is 1. The first-order valence-electron chi connectivity index (χ1n) is 7.59. The Morgan fingerprint density at radius 2 is 1.95 bits per heavy atom. The fourth-order valence-corrected chi connectivity index (χ4v) is 2.96.